The van der Waals surface area contributed by atoms with Crippen LogP contribution in [0.4, 0.5) is 0 Å². The second kappa shape index (κ2) is 7.83. The highest BCUT2D eigenvalue weighted by Gasteiger charge is 2.38. The summed E-state index contributed by atoms with van der Waals surface area (Å²) in [5.74, 6) is 2.66. The molecule has 3 unspecified atom stereocenters. The molecule has 2 aliphatic carbocycles. The highest BCUT2D eigenvalue weighted by atomic mass is 35.5. The van der Waals surface area contributed by atoms with Gasteiger partial charge in [-0.25, -0.2) is 4.68 Å². The van der Waals surface area contributed by atoms with E-state index in [2.05, 4.69) is 20.9 Å². The van der Waals surface area contributed by atoms with Gasteiger partial charge in [0.1, 0.15) is 0 Å². The summed E-state index contributed by atoms with van der Waals surface area (Å²) in [5, 5.41) is 14.6. The van der Waals surface area contributed by atoms with Crippen LogP contribution in [0.25, 0.3) is 0 Å². The van der Waals surface area contributed by atoms with E-state index in [9.17, 15) is 4.79 Å². The molecule has 0 spiro atoms. The predicted octanol–water partition coefficient (Wildman–Crippen LogP) is 2.18. The fourth-order valence-corrected chi connectivity index (χ4v) is 4.82. The number of fused-ring (bicyclic) bond motifs is 2. The molecule has 3 atom stereocenters. The Hall–Kier alpha value is -1.14. The number of amides is 1. The van der Waals surface area contributed by atoms with Gasteiger partial charge in [0.15, 0.2) is 5.69 Å². The van der Waals surface area contributed by atoms with Crippen LogP contribution < -0.4 is 10.6 Å². The molecule has 1 aliphatic heterocycles. The van der Waals surface area contributed by atoms with Crippen molar-refractivity contribution in [2.45, 2.75) is 51.0 Å². The van der Waals surface area contributed by atoms with E-state index in [1.54, 1.807) is 0 Å². The summed E-state index contributed by atoms with van der Waals surface area (Å²) in [7, 11) is 0. The van der Waals surface area contributed by atoms with E-state index in [1.807, 2.05) is 10.9 Å². The summed E-state index contributed by atoms with van der Waals surface area (Å²) < 4.78 is 1.87. The Labute approximate surface area is 149 Å². The number of rotatable bonds is 5. The zero-order valence-corrected chi connectivity index (χ0v) is 14.9. The Kier molecular flexibility index (Phi) is 5.76. The van der Waals surface area contributed by atoms with Crippen molar-refractivity contribution < 1.29 is 4.79 Å². The fourth-order valence-electron chi connectivity index (χ4n) is 4.82. The molecule has 0 radical (unpaired) electrons. The Morgan fingerprint density at radius 2 is 2.08 bits per heavy atom. The number of carbonyl (C=O) groups is 1. The Bertz CT molecular complexity index is 557. The van der Waals surface area contributed by atoms with Gasteiger partial charge in [-0.2, -0.15) is 0 Å². The van der Waals surface area contributed by atoms with Crippen LogP contribution in [0.2, 0.25) is 0 Å². The summed E-state index contributed by atoms with van der Waals surface area (Å²) in [4.78, 5) is 12.2. The number of nitrogens with zero attached hydrogens (tertiary/aromatic N) is 3. The topological polar surface area (TPSA) is 71.8 Å². The molecule has 1 amide bonds. The zero-order valence-electron chi connectivity index (χ0n) is 14.1. The molecule has 3 aliphatic rings. The monoisotopic (exact) mass is 353 g/mol. The van der Waals surface area contributed by atoms with E-state index in [-0.39, 0.29) is 18.3 Å². The average molecular weight is 354 g/mol. The molecule has 4 rings (SSSR count). The lowest BCUT2D eigenvalue weighted by molar-refractivity contribution is 0.0944. The van der Waals surface area contributed by atoms with E-state index >= 15 is 0 Å². The van der Waals surface area contributed by atoms with Gasteiger partial charge in [-0.3, -0.25) is 4.79 Å². The number of hydrogen-bond acceptors (Lipinski definition) is 4. The van der Waals surface area contributed by atoms with Crippen LogP contribution in [0, 0.1) is 17.8 Å². The molecule has 1 saturated heterocycles. The summed E-state index contributed by atoms with van der Waals surface area (Å²) in [6, 6.07) is 0.374. The van der Waals surface area contributed by atoms with E-state index in [0.717, 1.165) is 56.7 Å². The van der Waals surface area contributed by atoms with Gasteiger partial charge in [0.2, 0.25) is 0 Å². The third kappa shape index (κ3) is 3.75. The van der Waals surface area contributed by atoms with Crippen molar-refractivity contribution in [3.05, 3.63) is 11.9 Å². The van der Waals surface area contributed by atoms with Crippen LogP contribution in [0.5, 0.6) is 0 Å². The molecule has 7 heteroatoms. The van der Waals surface area contributed by atoms with E-state index in [4.69, 9.17) is 0 Å². The molecular weight excluding hydrogens is 326 g/mol. The lowest BCUT2D eigenvalue weighted by Crippen LogP contribution is -2.29. The van der Waals surface area contributed by atoms with Crippen LogP contribution in [0.15, 0.2) is 6.20 Å². The third-order valence-corrected chi connectivity index (χ3v) is 6.11. The largest absolute Gasteiger partial charge is 0.351 e. The minimum absolute atomic E-state index is 0. The molecule has 2 bridgehead atoms. The van der Waals surface area contributed by atoms with Crippen molar-refractivity contribution in [2.75, 3.05) is 19.6 Å². The Balaban J connectivity index is 0.00000169. The van der Waals surface area contributed by atoms with Crippen LogP contribution in [0.3, 0.4) is 0 Å². The highest BCUT2D eigenvalue weighted by molar-refractivity contribution is 5.91. The second-order valence-corrected chi connectivity index (χ2v) is 7.54. The number of carbonyl (C=O) groups excluding carboxylic acids is 1. The number of aromatic nitrogens is 3. The van der Waals surface area contributed by atoms with Crippen molar-refractivity contribution >= 4 is 18.3 Å². The molecule has 2 heterocycles. The van der Waals surface area contributed by atoms with Crippen molar-refractivity contribution in [1.82, 2.24) is 25.6 Å². The number of piperidine rings is 1. The summed E-state index contributed by atoms with van der Waals surface area (Å²) in [5.41, 5.74) is 0.455. The van der Waals surface area contributed by atoms with Crippen molar-refractivity contribution in [3.8, 4) is 0 Å². The van der Waals surface area contributed by atoms with E-state index in [0.29, 0.717) is 11.7 Å². The van der Waals surface area contributed by atoms with Crippen LogP contribution in [-0.2, 0) is 0 Å². The molecule has 2 N–H and O–H groups in total. The lowest BCUT2D eigenvalue weighted by atomic mass is 9.86. The first-order chi connectivity index (χ1) is 11.3. The minimum atomic E-state index is -0.0756. The van der Waals surface area contributed by atoms with E-state index in [1.165, 1.54) is 25.7 Å². The molecule has 1 aromatic heterocycles. The Morgan fingerprint density at radius 1 is 1.25 bits per heavy atom. The van der Waals surface area contributed by atoms with Gasteiger partial charge in [-0.15, -0.1) is 17.5 Å². The lowest BCUT2D eigenvalue weighted by Gasteiger charge is -2.22. The van der Waals surface area contributed by atoms with Gasteiger partial charge in [0.25, 0.3) is 5.91 Å². The van der Waals surface area contributed by atoms with Gasteiger partial charge in [-0.1, -0.05) is 11.6 Å². The minimum Gasteiger partial charge on any atom is -0.351 e. The van der Waals surface area contributed by atoms with Crippen molar-refractivity contribution in [3.63, 3.8) is 0 Å². The maximum atomic E-state index is 12.2. The molecular formula is C17H28ClN5O. The van der Waals surface area contributed by atoms with Gasteiger partial charge in [0.05, 0.1) is 12.2 Å². The van der Waals surface area contributed by atoms with Gasteiger partial charge >= 0.3 is 0 Å². The van der Waals surface area contributed by atoms with Crippen LogP contribution in [0.1, 0.15) is 61.5 Å². The standard InChI is InChI=1S/C17H27N5O.ClH/c23-17(19-8-3-14-10-12-1-2-13(14)9-12)16-11-22(21-20-16)15-4-6-18-7-5-15;/h11-15,18H,1-10H2,(H,19,23);1H. The van der Waals surface area contributed by atoms with Gasteiger partial charge in [0, 0.05) is 6.54 Å². The molecule has 24 heavy (non-hydrogen) atoms. The second-order valence-electron chi connectivity index (χ2n) is 7.54. The third-order valence-electron chi connectivity index (χ3n) is 6.11. The molecule has 0 aromatic carbocycles. The number of hydrogen-bond donors (Lipinski definition) is 2. The normalized spacial score (nSPS) is 29.4. The Morgan fingerprint density at radius 3 is 2.79 bits per heavy atom. The molecule has 3 fully saturated rings. The predicted molar refractivity (Wildman–Crippen MR) is 94.3 cm³/mol. The quantitative estimate of drug-likeness (QED) is 0.851. The maximum Gasteiger partial charge on any atom is 0.273 e. The first kappa shape index (κ1) is 17.7. The van der Waals surface area contributed by atoms with E-state index < -0.39 is 0 Å². The maximum absolute atomic E-state index is 12.2. The van der Waals surface area contributed by atoms with Crippen molar-refractivity contribution in [2.24, 2.45) is 17.8 Å². The SMILES string of the molecule is Cl.O=C(NCCC1CC2CCC1C2)c1cn(C2CCNCC2)nn1. The van der Waals surface area contributed by atoms with Crippen LogP contribution >= 0.6 is 12.4 Å². The summed E-state index contributed by atoms with van der Waals surface area (Å²) >= 11 is 0. The van der Waals surface area contributed by atoms with Crippen LogP contribution in [-0.4, -0.2) is 40.5 Å². The first-order valence-electron chi connectivity index (χ1n) is 9.20. The zero-order chi connectivity index (χ0) is 15.6. The molecule has 134 valence electrons. The average Bonchev–Trinajstić information content (AvgIpc) is 3.32. The van der Waals surface area contributed by atoms with Gasteiger partial charge in [-0.05, 0) is 69.4 Å². The number of nitrogens with one attached hydrogen (secondary N) is 2. The van der Waals surface area contributed by atoms with Crippen molar-refractivity contribution in [1.29, 1.82) is 0 Å². The summed E-state index contributed by atoms with van der Waals surface area (Å²) in [6.45, 7) is 2.79. The first-order valence-corrected chi connectivity index (χ1v) is 9.20. The number of halogens is 1. The molecule has 2 saturated carbocycles. The molecule has 1 aromatic rings. The highest BCUT2D eigenvalue weighted by Crippen LogP contribution is 2.49. The molecule has 6 nitrogen and oxygen atoms in total. The fraction of sp³-hybridized carbons (Fsp3) is 0.824. The smallest absolute Gasteiger partial charge is 0.273 e. The summed E-state index contributed by atoms with van der Waals surface area (Å²) in [6.07, 6.45) is 10.7. The van der Waals surface area contributed by atoms with Gasteiger partial charge < -0.3 is 10.6 Å².